The first-order valence-corrected chi connectivity index (χ1v) is 7.62. The predicted octanol–water partition coefficient (Wildman–Crippen LogP) is 3.90. The van der Waals surface area contributed by atoms with Crippen molar-refractivity contribution < 1.29 is 14.3 Å². The van der Waals surface area contributed by atoms with Gasteiger partial charge >= 0.3 is 5.97 Å². The molecule has 1 heterocycles. The van der Waals surface area contributed by atoms with Crippen LogP contribution in [-0.2, 0) is 9.53 Å². The van der Waals surface area contributed by atoms with Gasteiger partial charge < -0.3 is 4.74 Å². The number of thioether (sulfide) groups is 1. The van der Waals surface area contributed by atoms with E-state index in [1.165, 1.54) is 11.8 Å². The number of esters is 1. The number of ether oxygens (including phenoxy) is 1. The molecule has 108 valence electrons. The van der Waals surface area contributed by atoms with E-state index >= 15 is 0 Å². The van der Waals surface area contributed by atoms with Crippen molar-refractivity contribution in [2.45, 2.75) is 37.5 Å². The van der Waals surface area contributed by atoms with Crippen LogP contribution in [0.3, 0.4) is 0 Å². The summed E-state index contributed by atoms with van der Waals surface area (Å²) in [5.74, 6) is -0.302. The summed E-state index contributed by atoms with van der Waals surface area (Å²) in [5.41, 5.74) is 3.53. The molecule has 2 aliphatic rings. The van der Waals surface area contributed by atoms with E-state index in [0.29, 0.717) is 16.7 Å². The Morgan fingerprint density at radius 3 is 2.14 bits per heavy atom. The zero-order valence-electron chi connectivity index (χ0n) is 12.4. The molecule has 0 aromatic heterocycles. The zero-order valence-corrected chi connectivity index (χ0v) is 13.3. The van der Waals surface area contributed by atoms with Gasteiger partial charge in [-0.1, -0.05) is 23.9 Å². The number of allylic oxidation sites excluding steroid dienone is 2. The molecular formula is C17H16O3S. The highest BCUT2D eigenvalue weighted by Gasteiger charge is 2.48. The highest BCUT2D eigenvalue weighted by molar-refractivity contribution is 8.01. The van der Waals surface area contributed by atoms with Gasteiger partial charge in [-0.05, 0) is 51.0 Å². The lowest BCUT2D eigenvalue weighted by molar-refractivity contribution is -0.112. The molecule has 4 heteroatoms. The van der Waals surface area contributed by atoms with Gasteiger partial charge in [-0.25, -0.2) is 4.79 Å². The van der Waals surface area contributed by atoms with Gasteiger partial charge in [0.05, 0.1) is 5.56 Å². The minimum absolute atomic E-state index is 0.0335. The number of carbonyl (C=O) groups is 2. The molecule has 21 heavy (non-hydrogen) atoms. The van der Waals surface area contributed by atoms with Crippen molar-refractivity contribution in [1.29, 1.82) is 0 Å². The van der Waals surface area contributed by atoms with E-state index in [0.717, 1.165) is 16.0 Å². The number of benzene rings is 1. The minimum atomic E-state index is -0.881. The number of rotatable bonds is 0. The third-order valence-corrected chi connectivity index (χ3v) is 5.95. The number of fused-ring (bicyclic) bond motifs is 1. The van der Waals surface area contributed by atoms with Gasteiger partial charge in [-0.2, -0.15) is 0 Å². The standard InChI is InChI=1S/C17H16O3S/c1-9-11(3)17(12(4)10(2)15(9)18)20-16(19)13-7-5-6-8-14(13)21-17/h5-8H,1-4H3. The van der Waals surface area contributed by atoms with Crippen LogP contribution in [0.4, 0.5) is 0 Å². The van der Waals surface area contributed by atoms with Gasteiger partial charge in [0, 0.05) is 16.0 Å². The first-order valence-electron chi connectivity index (χ1n) is 6.80. The van der Waals surface area contributed by atoms with Crippen LogP contribution in [-0.4, -0.2) is 16.7 Å². The highest BCUT2D eigenvalue weighted by Crippen LogP contribution is 2.53. The Kier molecular flexibility index (Phi) is 3.10. The summed E-state index contributed by atoms with van der Waals surface area (Å²) in [6.07, 6.45) is 0. The average Bonchev–Trinajstić information content (AvgIpc) is 2.50. The fraction of sp³-hybridized carbons (Fsp3) is 0.294. The van der Waals surface area contributed by atoms with Gasteiger partial charge in [0.2, 0.25) is 4.93 Å². The van der Waals surface area contributed by atoms with Gasteiger partial charge in [0.1, 0.15) is 0 Å². The molecule has 0 bridgehead atoms. The van der Waals surface area contributed by atoms with Crippen molar-refractivity contribution in [3.05, 3.63) is 52.1 Å². The molecule has 0 saturated heterocycles. The third kappa shape index (κ3) is 1.82. The Hall–Kier alpha value is -1.81. The van der Waals surface area contributed by atoms with Crippen LogP contribution >= 0.6 is 11.8 Å². The molecular weight excluding hydrogens is 284 g/mol. The number of Topliss-reactive ketones (excluding diaryl/α,β-unsaturated/α-hetero) is 1. The molecule has 1 aromatic carbocycles. The second kappa shape index (κ2) is 4.60. The molecule has 1 spiro atoms. The van der Waals surface area contributed by atoms with Crippen molar-refractivity contribution in [2.24, 2.45) is 0 Å². The first kappa shape index (κ1) is 14.1. The number of carbonyl (C=O) groups excluding carboxylic acids is 2. The maximum Gasteiger partial charge on any atom is 0.341 e. The van der Waals surface area contributed by atoms with Gasteiger partial charge in [0.15, 0.2) is 5.78 Å². The lowest BCUT2D eigenvalue weighted by atomic mass is 9.85. The van der Waals surface area contributed by atoms with Crippen molar-refractivity contribution in [2.75, 3.05) is 0 Å². The fourth-order valence-electron chi connectivity index (χ4n) is 2.79. The SMILES string of the molecule is CC1=C(C)C2(OC(=O)c3ccccc3S2)C(C)=C(C)C1=O. The Labute approximate surface area is 128 Å². The van der Waals surface area contributed by atoms with Crippen LogP contribution in [0, 0.1) is 0 Å². The molecule has 3 nitrogen and oxygen atoms in total. The van der Waals surface area contributed by atoms with Crippen molar-refractivity contribution in [1.82, 2.24) is 0 Å². The summed E-state index contributed by atoms with van der Waals surface area (Å²) in [7, 11) is 0. The molecule has 1 aliphatic carbocycles. The van der Waals surface area contributed by atoms with Crippen molar-refractivity contribution in [3.63, 3.8) is 0 Å². The van der Waals surface area contributed by atoms with E-state index in [1.807, 2.05) is 32.0 Å². The van der Waals surface area contributed by atoms with E-state index in [4.69, 9.17) is 4.74 Å². The van der Waals surface area contributed by atoms with Crippen molar-refractivity contribution in [3.8, 4) is 0 Å². The summed E-state index contributed by atoms with van der Waals surface area (Å²) < 4.78 is 5.81. The first-order chi connectivity index (χ1) is 9.88. The Morgan fingerprint density at radius 1 is 0.952 bits per heavy atom. The summed E-state index contributed by atoms with van der Waals surface area (Å²) in [4.78, 5) is 24.6. The maximum absolute atomic E-state index is 12.4. The monoisotopic (exact) mass is 300 g/mol. The maximum atomic E-state index is 12.4. The van der Waals surface area contributed by atoms with Crippen LogP contribution in [0.5, 0.6) is 0 Å². The topological polar surface area (TPSA) is 43.4 Å². The molecule has 0 atom stereocenters. The molecule has 0 amide bonds. The molecule has 0 fully saturated rings. The molecule has 1 aromatic rings. The summed E-state index contributed by atoms with van der Waals surface area (Å²) in [6.45, 7) is 7.34. The normalized spacial score (nSPS) is 20.8. The average molecular weight is 300 g/mol. The number of ketones is 1. The smallest absolute Gasteiger partial charge is 0.341 e. The fourth-order valence-corrected chi connectivity index (χ4v) is 4.24. The van der Waals surface area contributed by atoms with Crippen LogP contribution in [0.15, 0.2) is 51.5 Å². The van der Waals surface area contributed by atoms with Crippen LogP contribution in [0.2, 0.25) is 0 Å². The largest absolute Gasteiger partial charge is 0.436 e. The summed E-state index contributed by atoms with van der Waals surface area (Å²) >= 11 is 1.50. The quantitative estimate of drug-likeness (QED) is 0.682. The molecule has 0 radical (unpaired) electrons. The second-order valence-corrected chi connectivity index (χ2v) is 6.65. The van der Waals surface area contributed by atoms with E-state index in [9.17, 15) is 9.59 Å². The van der Waals surface area contributed by atoms with E-state index < -0.39 is 4.93 Å². The van der Waals surface area contributed by atoms with Crippen LogP contribution < -0.4 is 0 Å². The molecule has 0 unspecified atom stereocenters. The van der Waals surface area contributed by atoms with Crippen LogP contribution in [0.25, 0.3) is 0 Å². The Bertz CT molecular complexity index is 712. The van der Waals surface area contributed by atoms with Crippen molar-refractivity contribution >= 4 is 23.5 Å². The highest BCUT2D eigenvalue weighted by atomic mass is 32.2. The number of hydrogen-bond acceptors (Lipinski definition) is 4. The van der Waals surface area contributed by atoms with E-state index in [2.05, 4.69) is 0 Å². The van der Waals surface area contributed by atoms with Crippen LogP contribution in [0.1, 0.15) is 38.1 Å². The van der Waals surface area contributed by atoms with Gasteiger partial charge in [-0.3, -0.25) is 4.79 Å². The second-order valence-electron chi connectivity index (χ2n) is 5.43. The lowest BCUT2D eigenvalue weighted by Gasteiger charge is -2.41. The molecule has 0 saturated carbocycles. The Balaban J connectivity index is 2.23. The third-order valence-electron chi connectivity index (χ3n) is 4.39. The van der Waals surface area contributed by atoms with Gasteiger partial charge in [-0.15, -0.1) is 0 Å². The zero-order chi connectivity index (χ0) is 15.4. The van der Waals surface area contributed by atoms with E-state index in [-0.39, 0.29) is 11.8 Å². The summed E-state index contributed by atoms with van der Waals surface area (Å²) in [5, 5.41) is 0. The predicted molar refractivity (Wildman–Crippen MR) is 82.2 cm³/mol. The van der Waals surface area contributed by atoms with E-state index in [1.54, 1.807) is 19.9 Å². The van der Waals surface area contributed by atoms with Gasteiger partial charge in [0.25, 0.3) is 0 Å². The molecule has 3 rings (SSSR count). The molecule has 0 N–H and O–H groups in total. The lowest BCUT2D eigenvalue weighted by Crippen LogP contribution is -2.42. The minimum Gasteiger partial charge on any atom is -0.436 e. The number of hydrogen-bond donors (Lipinski definition) is 0. The molecule has 1 aliphatic heterocycles. The summed E-state index contributed by atoms with van der Waals surface area (Å²) in [6, 6.07) is 7.42. The Morgan fingerprint density at radius 2 is 1.52 bits per heavy atom.